The van der Waals surface area contributed by atoms with Crippen LogP contribution >= 0.6 is 0 Å². The van der Waals surface area contributed by atoms with Gasteiger partial charge in [-0.05, 0) is 11.6 Å². The summed E-state index contributed by atoms with van der Waals surface area (Å²) in [4.78, 5) is 15.9. The first-order chi connectivity index (χ1) is 8.20. The molecule has 0 fully saturated rings. The summed E-state index contributed by atoms with van der Waals surface area (Å²) in [7, 11) is 1.48. The molecule has 2 unspecified atom stereocenters. The Balaban J connectivity index is 2.11. The van der Waals surface area contributed by atoms with Crippen LogP contribution in [0.2, 0.25) is 0 Å². The van der Waals surface area contributed by atoms with E-state index in [2.05, 4.69) is 15.6 Å². The topological polar surface area (TPSA) is 83.0 Å². The van der Waals surface area contributed by atoms with E-state index in [0.29, 0.717) is 5.75 Å². The molecule has 6 heteroatoms. The van der Waals surface area contributed by atoms with E-state index in [9.17, 15) is 9.90 Å². The molecule has 0 radical (unpaired) electrons. The van der Waals surface area contributed by atoms with Crippen LogP contribution in [0.5, 0.6) is 11.5 Å². The smallest absolute Gasteiger partial charge is 0.236 e. The summed E-state index contributed by atoms with van der Waals surface area (Å²) in [6.45, 7) is 0. The average Bonchev–Trinajstić information content (AvgIpc) is 2.66. The number of carbonyl (C=O) groups is 1. The van der Waals surface area contributed by atoms with E-state index in [1.165, 1.54) is 13.4 Å². The van der Waals surface area contributed by atoms with Crippen LogP contribution in [0.15, 0.2) is 17.1 Å². The zero-order chi connectivity index (χ0) is 12.0. The number of anilines is 1. The van der Waals surface area contributed by atoms with Crippen molar-refractivity contribution in [1.29, 1.82) is 0 Å². The number of carbonyl (C=O) groups excluding carboxylic acids is 1. The summed E-state index contributed by atoms with van der Waals surface area (Å²) in [6, 6.07) is 3.22. The molecule has 17 heavy (non-hydrogen) atoms. The number of rotatable bonds is 1. The van der Waals surface area contributed by atoms with E-state index in [0.717, 1.165) is 11.3 Å². The molecule has 3 N–H and O–H groups in total. The molecule has 88 valence electrons. The number of hydrogen-bond donors (Lipinski definition) is 3. The maximum atomic E-state index is 11.7. The molecule has 0 aromatic heterocycles. The van der Waals surface area contributed by atoms with Gasteiger partial charge >= 0.3 is 0 Å². The highest BCUT2D eigenvalue weighted by Crippen LogP contribution is 2.43. The number of ether oxygens (including phenoxy) is 1. The van der Waals surface area contributed by atoms with E-state index in [4.69, 9.17) is 4.74 Å². The molecule has 1 aromatic rings. The quantitative estimate of drug-likeness (QED) is 0.613. The van der Waals surface area contributed by atoms with Gasteiger partial charge in [0.1, 0.15) is 12.1 Å². The number of aliphatic imine (C=N–C) groups is 1. The minimum atomic E-state index is -0.396. The molecule has 2 aliphatic heterocycles. The normalized spacial score (nSPS) is 24.6. The van der Waals surface area contributed by atoms with Gasteiger partial charge in [-0.25, -0.2) is 4.99 Å². The van der Waals surface area contributed by atoms with Gasteiger partial charge in [0, 0.05) is 11.8 Å². The van der Waals surface area contributed by atoms with E-state index in [-0.39, 0.29) is 17.8 Å². The largest absolute Gasteiger partial charge is 0.504 e. The monoisotopic (exact) mass is 233 g/mol. The van der Waals surface area contributed by atoms with Gasteiger partial charge in [0.05, 0.1) is 13.4 Å². The van der Waals surface area contributed by atoms with Crippen molar-refractivity contribution < 1.29 is 14.6 Å². The number of phenolic OH excluding ortho intramolecular Hbond substituents is 1. The highest BCUT2D eigenvalue weighted by molar-refractivity contribution is 5.98. The Bertz CT molecular complexity index is 527. The summed E-state index contributed by atoms with van der Waals surface area (Å²) in [5, 5.41) is 15.4. The number of nitrogens with zero attached hydrogens (tertiary/aromatic N) is 1. The van der Waals surface area contributed by atoms with Crippen molar-refractivity contribution >= 4 is 17.9 Å². The van der Waals surface area contributed by atoms with Crippen LogP contribution in [0, 0.1) is 0 Å². The lowest BCUT2D eigenvalue weighted by Crippen LogP contribution is -2.39. The fourth-order valence-electron chi connectivity index (χ4n) is 2.22. The first-order valence-corrected chi connectivity index (χ1v) is 5.20. The lowest BCUT2D eigenvalue weighted by molar-refractivity contribution is -0.121. The molecule has 6 nitrogen and oxygen atoms in total. The van der Waals surface area contributed by atoms with Gasteiger partial charge in [-0.3, -0.25) is 4.79 Å². The van der Waals surface area contributed by atoms with Crippen LogP contribution in [-0.4, -0.2) is 30.6 Å². The van der Waals surface area contributed by atoms with Gasteiger partial charge in [0.2, 0.25) is 5.91 Å². The Morgan fingerprint density at radius 1 is 1.47 bits per heavy atom. The molecule has 2 atom stereocenters. The highest BCUT2D eigenvalue weighted by Gasteiger charge is 2.39. The standard InChI is InChI=1S/C11H11N3O3/c1-17-8-3-6-5(2-7(8)15)9-10(14-6)12-4-13-11(9)16/h2-4,9-10,14-15H,1H3,(H,12,13,16). The Hall–Kier alpha value is -2.24. The van der Waals surface area contributed by atoms with Crippen molar-refractivity contribution in [2.24, 2.45) is 4.99 Å². The Kier molecular flexibility index (Phi) is 1.98. The van der Waals surface area contributed by atoms with Gasteiger partial charge < -0.3 is 20.5 Å². The van der Waals surface area contributed by atoms with Crippen molar-refractivity contribution in [3.8, 4) is 11.5 Å². The maximum Gasteiger partial charge on any atom is 0.236 e. The summed E-state index contributed by atoms with van der Waals surface area (Å²) in [5.41, 5.74) is 1.51. The Morgan fingerprint density at radius 2 is 2.29 bits per heavy atom. The second-order valence-electron chi connectivity index (χ2n) is 3.96. The van der Waals surface area contributed by atoms with Crippen LogP contribution in [0.25, 0.3) is 0 Å². The predicted octanol–water partition coefficient (Wildman–Crippen LogP) is 0.394. The van der Waals surface area contributed by atoms with Crippen molar-refractivity contribution in [3.63, 3.8) is 0 Å². The van der Waals surface area contributed by atoms with Gasteiger partial charge in [0.15, 0.2) is 11.5 Å². The van der Waals surface area contributed by atoms with Gasteiger partial charge in [-0.15, -0.1) is 0 Å². The number of phenols is 1. The summed E-state index contributed by atoms with van der Waals surface area (Å²) < 4.78 is 5.02. The van der Waals surface area contributed by atoms with Crippen LogP contribution in [-0.2, 0) is 4.79 Å². The second kappa shape index (κ2) is 3.38. The van der Waals surface area contributed by atoms with E-state index < -0.39 is 5.92 Å². The molecule has 0 spiro atoms. The molecule has 0 saturated carbocycles. The zero-order valence-corrected chi connectivity index (χ0v) is 9.10. The minimum absolute atomic E-state index is 0.0241. The summed E-state index contributed by atoms with van der Waals surface area (Å²) in [6.07, 6.45) is 1.09. The minimum Gasteiger partial charge on any atom is -0.504 e. The summed E-state index contributed by atoms with van der Waals surface area (Å²) in [5.74, 6) is -0.122. The third kappa shape index (κ3) is 1.33. The number of fused-ring (bicyclic) bond motifs is 3. The van der Waals surface area contributed by atoms with Crippen molar-refractivity contribution in [1.82, 2.24) is 5.32 Å². The van der Waals surface area contributed by atoms with Crippen LogP contribution in [0.1, 0.15) is 11.5 Å². The SMILES string of the molecule is COc1cc2c(cc1O)C1C(=O)NC=NC1N2. The Morgan fingerprint density at radius 3 is 3.06 bits per heavy atom. The number of nitrogens with one attached hydrogen (secondary N) is 2. The highest BCUT2D eigenvalue weighted by atomic mass is 16.5. The predicted molar refractivity (Wildman–Crippen MR) is 61.4 cm³/mol. The molecule has 0 bridgehead atoms. The lowest BCUT2D eigenvalue weighted by Gasteiger charge is -2.19. The molecule has 1 aromatic carbocycles. The summed E-state index contributed by atoms with van der Waals surface area (Å²) >= 11 is 0. The molecule has 3 rings (SSSR count). The van der Waals surface area contributed by atoms with E-state index >= 15 is 0 Å². The number of methoxy groups -OCH3 is 1. The van der Waals surface area contributed by atoms with Crippen LogP contribution < -0.4 is 15.4 Å². The number of hydrogen-bond acceptors (Lipinski definition) is 5. The van der Waals surface area contributed by atoms with Crippen molar-refractivity contribution in [2.45, 2.75) is 12.1 Å². The van der Waals surface area contributed by atoms with Gasteiger partial charge in [-0.1, -0.05) is 0 Å². The molecule has 2 aliphatic rings. The molecule has 0 saturated heterocycles. The van der Waals surface area contributed by atoms with Gasteiger partial charge in [-0.2, -0.15) is 0 Å². The van der Waals surface area contributed by atoms with E-state index in [1.807, 2.05) is 0 Å². The first-order valence-electron chi connectivity index (χ1n) is 5.20. The third-order valence-electron chi connectivity index (χ3n) is 3.03. The molecular weight excluding hydrogens is 222 g/mol. The van der Waals surface area contributed by atoms with Crippen molar-refractivity contribution in [2.75, 3.05) is 12.4 Å². The van der Waals surface area contributed by atoms with Crippen LogP contribution in [0.4, 0.5) is 5.69 Å². The molecular formula is C11H11N3O3. The average molecular weight is 233 g/mol. The maximum absolute atomic E-state index is 11.7. The second-order valence-corrected chi connectivity index (χ2v) is 3.96. The number of benzene rings is 1. The molecule has 1 amide bonds. The van der Waals surface area contributed by atoms with E-state index in [1.54, 1.807) is 12.1 Å². The molecule has 0 aliphatic carbocycles. The fourth-order valence-corrected chi connectivity index (χ4v) is 2.22. The zero-order valence-electron chi connectivity index (χ0n) is 9.10. The molecule has 2 heterocycles. The van der Waals surface area contributed by atoms with Crippen LogP contribution in [0.3, 0.4) is 0 Å². The number of amides is 1. The van der Waals surface area contributed by atoms with Gasteiger partial charge in [0.25, 0.3) is 0 Å². The Labute approximate surface area is 97.3 Å². The van der Waals surface area contributed by atoms with Crippen molar-refractivity contribution in [3.05, 3.63) is 17.7 Å². The first kappa shape index (κ1) is 9.95. The fraction of sp³-hybridized carbons (Fsp3) is 0.273. The lowest BCUT2D eigenvalue weighted by atomic mass is 9.97. The number of aromatic hydroxyl groups is 1. The third-order valence-corrected chi connectivity index (χ3v) is 3.03.